The van der Waals surface area contributed by atoms with Crippen molar-refractivity contribution in [2.45, 2.75) is 26.8 Å². The fourth-order valence-electron chi connectivity index (χ4n) is 1.78. The van der Waals surface area contributed by atoms with Gasteiger partial charge in [-0.1, -0.05) is 19.1 Å². The van der Waals surface area contributed by atoms with Gasteiger partial charge in [-0.3, -0.25) is 10.1 Å². The number of aryl methyl sites for hydroxylation is 1. The third-order valence-electron chi connectivity index (χ3n) is 2.96. The summed E-state index contributed by atoms with van der Waals surface area (Å²) >= 11 is 1.55. The molecule has 0 bridgehead atoms. The minimum atomic E-state index is -0.350. The molecule has 0 aliphatic rings. The van der Waals surface area contributed by atoms with Gasteiger partial charge in [0.1, 0.15) is 0 Å². The summed E-state index contributed by atoms with van der Waals surface area (Å²) in [5.41, 5.74) is 2.84. The second kappa shape index (κ2) is 5.79. The summed E-state index contributed by atoms with van der Waals surface area (Å²) in [5.74, 6) is 0. The van der Waals surface area contributed by atoms with E-state index >= 15 is 0 Å². The number of rotatable bonds is 5. The maximum absolute atomic E-state index is 10.9. The van der Waals surface area contributed by atoms with Crippen molar-refractivity contribution < 1.29 is 4.92 Å². The number of aromatic nitrogens is 1. The number of hydrogen-bond donors (Lipinski definition) is 1. The molecule has 0 saturated heterocycles. The number of anilines is 1. The molecule has 1 N–H and O–H groups in total. The Balaban J connectivity index is 2.11. The molecule has 19 heavy (non-hydrogen) atoms. The van der Waals surface area contributed by atoms with Gasteiger partial charge in [-0.05, 0) is 18.9 Å². The topological polar surface area (TPSA) is 68.1 Å². The van der Waals surface area contributed by atoms with Crippen LogP contribution in [-0.4, -0.2) is 9.91 Å². The van der Waals surface area contributed by atoms with E-state index < -0.39 is 0 Å². The fourth-order valence-corrected chi connectivity index (χ4v) is 2.57. The lowest BCUT2D eigenvalue weighted by Crippen LogP contribution is -2.03. The van der Waals surface area contributed by atoms with Gasteiger partial charge in [0.2, 0.25) is 0 Å². The van der Waals surface area contributed by atoms with Crippen LogP contribution in [0.15, 0.2) is 23.6 Å². The van der Waals surface area contributed by atoms with Crippen LogP contribution in [-0.2, 0) is 13.0 Å². The van der Waals surface area contributed by atoms with Gasteiger partial charge in [-0.2, -0.15) is 0 Å². The van der Waals surface area contributed by atoms with Gasteiger partial charge >= 0.3 is 0 Å². The van der Waals surface area contributed by atoms with Crippen molar-refractivity contribution >= 4 is 22.2 Å². The molecule has 100 valence electrons. The standard InChI is InChI=1S/C13H15N3O2S/c1-3-11-8-19-13(15-11)14-7-10-5-4-6-12(9(10)2)16(17)18/h4-6,8H,3,7H2,1-2H3,(H,14,15). The lowest BCUT2D eigenvalue weighted by Gasteiger charge is -2.06. The highest BCUT2D eigenvalue weighted by molar-refractivity contribution is 7.13. The molecule has 1 heterocycles. The van der Waals surface area contributed by atoms with Gasteiger partial charge in [-0.15, -0.1) is 11.3 Å². The zero-order chi connectivity index (χ0) is 13.8. The molecule has 2 rings (SSSR count). The van der Waals surface area contributed by atoms with Gasteiger partial charge in [-0.25, -0.2) is 4.98 Å². The second-order valence-corrected chi connectivity index (χ2v) is 5.03. The maximum atomic E-state index is 10.9. The summed E-state index contributed by atoms with van der Waals surface area (Å²) in [4.78, 5) is 14.9. The van der Waals surface area contributed by atoms with E-state index in [1.807, 2.05) is 11.4 Å². The predicted octanol–water partition coefficient (Wildman–Crippen LogP) is 3.53. The third-order valence-corrected chi connectivity index (χ3v) is 3.81. The van der Waals surface area contributed by atoms with Crippen LogP contribution in [0.4, 0.5) is 10.8 Å². The number of benzene rings is 1. The van der Waals surface area contributed by atoms with E-state index in [2.05, 4.69) is 17.2 Å². The Morgan fingerprint density at radius 3 is 2.89 bits per heavy atom. The molecule has 0 aliphatic carbocycles. The summed E-state index contributed by atoms with van der Waals surface area (Å²) in [6, 6.07) is 5.13. The van der Waals surface area contributed by atoms with E-state index in [4.69, 9.17) is 0 Å². The largest absolute Gasteiger partial charge is 0.357 e. The van der Waals surface area contributed by atoms with Gasteiger partial charge in [0, 0.05) is 23.6 Å². The molecule has 5 nitrogen and oxygen atoms in total. The molecule has 0 atom stereocenters. The smallest absolute Gasteiger partial charge is 0.272 e. The second-order valence-electron chi connectivity index (χ2n) is 4.17. The van der Waals surface area contributed by atoms with Gasteiger partial charge in [0.15, 0.2) is 5.13 Å². The summed E-state index contributed by atoms with van der Waals surface area (Å²) in [6.07, 6.45) is 0.911. The summed E-state index contributed by atoms with van der Waals surface area (Å²) < 4.78 is 0. The van der Waals surface area contributed by atoms with Crippen LogP contribution in [0.2, 0.25) is 0 Å². The van der Waals surface area contributed by atoms with E-state index in [-0.39, 0.29) is 10.6 Å². The van der Waals surface area contributed by atoms with E-state index in [0.717, 1.165) is 22.8 Å². The quantitative estimate of drug-likeness (QED) is 0.670. The lowest BCUT2D eigenvalue weighted by molar-refractivity contribution is -0.385. The highest BCUT2D eigenvalue weighted by Crippen LogP contribution is 2.23. The van der Waals surface area contributed by atoms with Crippen molar-refractivity contribution in [1.29, 1.82) is 0 Å². The molecular weight excluding hydrogens is 262 g/mol. The number of thiazole rings is 1. The van der Waals surface area contributed by atoms with Gasteiger partial charge < -0.3 is 5.32 Å². The average Bonchev–Trinajstić information content (AvgIpc) is 2.85. The number of nitrogens with one attached hydrogen (secondary N) is 1. The average molecular weight is 277 g/mol. The molecule has 0 fully saturated rings. The molecule has 0 spiro atoms. The van der Waals surface area contributed by atoms with Crippen LogP contribution in [0.5, 0.6) is 0 Å². The molecule has 1 aromatic carbocycles. The summed E-state index contributed by atoms with van der Waals surface area (Å²) in [5, 5.41) is 16.9. The number of nitro benzene ring substituents is 1. The van der Waals surface area contributed by atoms with Crippen LogP contribution < -0.4 is 5.32 Å². The first-order valence-electron chi connectivity index (χ1n) is 6.03. The van der Waals surface area contributed by atoms with Gasteiger partial charge in [0.25, 0.3) is 5.69 Å². The van der Waals surface area contributed by atoms with Crippen LogP contribution in [0.25, 0.3) is 0 Å². The minimum absolute atomic E-state index is 0.160. The Kier molecular flexibility index (Phi) is 4.11. The molecule has 0 radical (unpaired) electrons. The van der Waals surface area contributed by atoms with Crippen molar-refractivity contribution in [3.63, 3.8) is 0 Å². The molecule has 1 aromatic heterocycles. The molecule has 0 aliphatic heterocycles. The van der Waals surface area contributed by atoms with Crippen molar-refractivity contribution in [3.05, 3.63) is 50.5 Å². The molecule has 0 unspecified atom stereocenters. The van der Waals surface area contributed by atoms with Crippen molar-refractivity contribution in [2.75, 3.05) is 5.32 Å². The summed E-state index contributed by atoms with van der Waals surface area (Å²) in [7, 11) is 0. The summed E-state index contributed by atoms with van der Waals surface area (Å²) in [6.45, 7) is 4.38. The molecule has 0 saturated carbocycles. The SMILES string of the molecule is CCc1csc(NCc2cccc([N+](=O)[O-])c2C)n1. The number of nitro groups is 1. The molecule has 6 heteroatoms. The van der Waals surface area contributed by atoms with Crippen LogP contribution in [0.1, 0.15) is 23.7 Å². The first-order chi connectivity index (χ1) is 9.11. The Morgan fingerprint density at radius 1 is 1.47 bits per heavy atom. The van der Waals surface area contributed by atoms with Crippen LogP contribution >= 0.6 is 11.3 Å². The number of hydrogen-bond acceptors (Lipinski definition) is 5. The van der Waals surface area contributed by atoms with Crippen LogP contribution in [0, 0.1) is 17.0 Å². The zero-order valence-electron chi connectivity index (χ0n) is 10.8. The first kappa shape index (κ1) is 13.5. The van der Waals surface area contributed by atoms with Crippen LogP contribution in [0.3, 0.4) is 0 Å². The Hall–Kier alpha value is -1.95. The van der Waals surface area contributed by atoms with Crippen molar-refractivity contribution in [3.8, 4) is 0 Å². The highest BCUT2D eigenvalue weighted by atomic mass is 32.1. The molecule has 2 aromatic rings. The Bertz CT molecular complexity index is 595. The Labute approximate surface area is 115 Å². The lowest BCUT2D eigenvalue weighted by atomic mass is 10.1. The molecule has 0 amide bonds. The zero-order valence-corrected chi connectivity index (χ0v) is 11.7. The van der Waals surface area contributed by atoms with Crippen molar-refractivity contribution in [1.82, 2.24) is 4.98 Å². The van der Waals surface area contributed by atoms with E-state index in [0.29, 0.717) is 12.1 Å². The van der Waals surface area contributed by atoms with E-state index in [1.54, 1.807) is 24.3 Å². The monoisotopic (exact) mass is 277 g/mol. The van der Waals surface area contributed by atoms with Gasteiger partial charge in [0.05, 0.1) is 10.6 Å². The van der Waals surface area contributed by atoms with E-state index in [1.165, 1.54) is 6.07 Å². The fraction of sp³-hybridized carbons (Fsp3) is 0.308. The normalized spacial score (nSPS) is 10.4. The highest BCUT2D eigenvalue weighted by Gasteiger charge is 2.13. The van der Waals surface area contributed by atoms with E-state index in [9.17, 15) is 10.1 Å². The maximum Gasteiger partial charge on any atom is 0.272 e. The first-order valence-corrected chi connectivity index (χ1v) is 6.91. The number of nitrogens with zero attached hydrogens (tertiary/aromatic N) is 2. The predicted molar refractivity (Wildman–Crippen MR) is 76.7 cm³/mol. The molecular formula is C13H15N3O2S. The third kappa shape index (κ3) is 3.08. The van der Waals surface area contributed by atoms with Crippen molar-refractivity contribution in [2.24, 2.45) is 0 Å². The minimum Gasteiger partial charge on any atom is -0.357 e. The Morgan fingerprint density at radius 2 is 2.26 bits per heavy atom.